The van der Waals surface area contributed by atoms with Gasteiger partial charge in [0, 0.05) is 12.0 Å². The first-order chi connectivity index (χ1) is 7.81. The zero-order chi connectivity index (χ0) is 11.4. The molecule has 0 saturated carbocycles. The van der Waals surface area contributed by atoms with Crippen LogP contribution >= 0.6 is 12.0 Å². The van der Waals surface area contributed by atoms with Gasteiger partial charge in [0.15, 0.2) is 5.50 Å². The van der Waals surface area contributed by atoms with Crippen molar-refractivity contribution in [2.75, 3.05) is 6.61 Å². The lowest BCUT2D eigenvalue weighted by molar-refractivity contribution is -0.0452. The molecule has 0 aliphatic carbocycles. The zero-order valence-corrected chi connectivity index (χ0v) is 9.40. The van der Waals surface area contributed by atoms with Gasteiger partial charge in [-0.25, -0.2) is 4.39 Å². The lowest BCUT2D eigenvalue weighted by Crippen LogP contribution is -2.32. The van der Waals surface area contributed by atoms with E-state index in [0.29, 0.717) is 6.61 Å². The largest absolute Gasteiger partial charge is 0.394 e. The summed E-state index contributed by atoms with van der Waals surface area (Å²) in [6.45, 7) is 0.0965. The number of rotatable bonds is 4. The number of ether oxygens (including phenoxy) is 1. The van der Waals surface area contributed by atoms with Crippen LogP contribution in [0, 0.1) is 0 Å². The third kappa shape index (κ3) is 2.74. The zero-order valence-electron chi connectivity index (χ0n) is 8.58. The fourth-order valence-electron chi connectivity index (χ4n) is 1.49. The predicted octanol–water partition coefficient (Wildman–Crippen LogP) is 1.91. The Morgan fingerprint density at radius 2 is 2.12 bits per heavy atom. The summed E-state index contributed by atoms with van der Waals surface area (Å²) in [5.74, 6) is 0. The first-order valence-corrected chi connectivity index (χ1v) is 5.84. The van der Waals surface area contributed by atoms with Crippen LogP contribution in [0.15, 0.2) is 30.3 Å². The SMILES string of the molecule is OC[C@H]1OS[C@H](F)[C@@H]1OCc1ccccc1. The average Bonchev–Trinajstić information content (AvgIpc) is 2.69. The Balaban J connectivity index is 1.89. The first kappa shape index (κ1) is 11.9. The van der Waals surface area contributed by atoms with Crippen LogP contribution in [0.3, 0.4) is 0 Å². The third-order valence-corrected chi connectivity index (χ3v) is 3.17. The lowest BCUT2D eigenvalue weighted by atomic mass is 10.2. The van der Waals surface area contributed by atoms with Crippen molar-refractivity contribution in [2.24, 2.45) is 0 Å². The van der Waals surface area contributed by atoms with E-state index in [-0.39, 0.29) is 6.61 Å². The lowest BCUT2D eigenvalue weighted by Gasteiger charge is -2.17. The molecular formula is C11H13FO3S. The standard InChI is InChI=1S/C11H13FO3S/c12-11-10(9(6-13)15-16-11)14-7-8-4-2-1-3-5-8/h1-5,9-11,13H,6-7H2/t9-,10-,11+/m1/s1. The van der Waals surface area contributed by atoms with Gasteiger partial charge in [0.1, 0.15) is 12.2 Å². The van der Waals surface area contributed by atoms with Crippen LogP contribution in [0.1, 0.15) is 5.56 Å². The van der Waals surface area contributed by atoms with Gasteiger partial charge in [0.25, 0.3) is 0 Å². The van der Waals surface area contributed by atoms with Crippen LogP contribution in [-0.2, 0) is 15.5 Å². The van der Waals surface area contributed by atoms with E-state index in [9.17, 15) is 4.39 Å². The first-order valence-electron chi connectivity index (χ1n) is 5.04. The molecule has 1 aliphatic heterocycles. The summed E-state index contributed by atoms with van der Waals surface area (Å²) in [6, 6.07) is 9.52. The minimum atomic E-state index is -1.24. The smallest absolute Gasteiger partial charge is 0.199 e. The number of aliphatic hydroxyl groups excluding tert-OH is 1. The Morgan fingerprint density at radius 1 is 1.38 bits per heavy atom. The third-order valence-electron chi connectivity index (χ3n) is 2.36. The van der Waals surface area contributed by atoms with Crippen molar-refractivity contribution in [3.8, 4) is 0 Å². The molecule has 0 radical (unpaired) electrons. The number of aliphatic hydroxyl groups is 1. The molecule has 16 heavy (non-hydrogen) atoms. The average molecular weight is 244 g/mol. The van der Waals surface area contributed by atoms with Crippen molar-refractivity contribution in [1.82, 2.24) is 0 Å². The molecule has 1 N–H and O–H groups in total. The predicted molar refractivity (Wildman–Crippen MR) is 59.5 cm³/mol. The Morgan fingerprint density at radius 3 is 2.81 bits per heavy atom. The van der Waals surface area contributed by atoms with Crippen LogP contribution < -0.4 is 0 Å². The van der Waals surface area contributed by atoms with Crippen LogP contribution in [0.2, 0.25) is 0 Å². The molecule has 1 fully saturated rings. The summed E-state index contributed by atoms with van der Waals surface area (Å²) < 4.78 is 23.7. The second kappa shape index (κ2) is 5.63. The highest BCUT2D eigenvalue weighted by Crippen LogP contribution is 2.33. The summed E-state index contributed by atoms with van der Waals surface area (Å²) in [7, 11) is 0. The van der Waals surface area contributed by atoms with E-state index < -0.39 is 17.7 Å². The molecule has 1 heterocycles. The van der Waals surface area contributed by atoms with E-state index >= 15 is 0 Å². The Kier molecular flexibility index (Phi) is 4.17. The highest BCUT2D eigenvalue weighted by molar-refractivity contribution is 7.95. The van der Waals surface area contributed by atoms with E-state index in [1.165, 1.54) is 0 Å². The quantitative estimate of drug-likeness (QED) is 0.821. The van der Waals surface area contributed by atoms with Crippen molar-refractivity contribution in [3.63, 3.8) is 0 Å². The van der Waals surface area contributed by atoms with Gasteiger partial charge in [-0.2, -0.15) is 0 Å². The monoisotopic (exact) mass is 244 g/mol. The topological polar surface area (TPSA) is 38.7 Å². The maximum atomic E-state index is 13.3. The van der Waals surface area contributed by atoms with E-state index in [2.05, 4.69) is 0 Å². The van der Waals surface area contributed by atoms with Gasteiger partial charge in [0.05, 0.1) is 13.2 Å². The molecule has 1 aliphatic rings. The second-order valence-corrected chi connectivity index (χ2v) is 4.36. The van der Waals surface area contributed by atoms with Gasteiger partial charge in [-0.15, -0.1) is 0 Å². The minimum absolute atomic E-state index is 0.229. The number of hydrogen-bond donors (Lipinski definition) is 1. The van der Waals surface area contributed by atoms with Crippen molar-refractivity contribution < 1.29 is 18.4 Å². The van der Waals surface area contributed by atoms with Crippen LogP contribution in [0.25, 0.3) is 0 Å². The Hall–Kier alpha value is -0.620. The molecule has 0 amide bonds. The fourth-order valence-corrected chi connectivity index (χ4v) is 2.27. The van der Waals surface area contributed by atoms with Gasteiger partial charge >= 0.3 is 0 Å². The van der Waals surface area contributed by atoms with Crippen molar-refractivity contribution in [3.05, 3.63) is 35.9 Å². The number of alkyl halides is 1. The minimum Gasteiger partial charge on any atom is -0.394 e. The fraction of sp³-hybridized carbons (Fsp3) is 0.455. The molecule has 0 unspecified atom stereocenters. The summed E-state index contributed by atoms with van der Waals surface area (Å²) in [6.07, 6.45) is -1.28. The van der Waals surface area contributed by atoms with Crippen molar-refractivity contribution in [1.29, 1.82) is 0 Å². The maximum Gasteiger partial charge on any atom is 0.199 e. The maximum absolute atomic E-state index is 13.3. The van der Waals surface area contributed by atoms with E-state index in [1.807, 2.05) is 30.3 Å². The molecular weight excluding hydrogens is 231 g/mol. The molecule has 3 nitrogen and oxygen atoms in total. The summed E-state index contributed by atoms with van der Waals surface area (Å²) in [5, 5.41) is 8.97. The second-order valence-electron chi connectivity index (χ2n) is 3.53. The molecule has 5 heteroatoms. The summed E-state index contributed by atoms with van der Waals surface area (Å²) in [5.41, 5.74) is -0.260. The van der Waals surface area contributed by atoms with E-state index in [0.717, 1.165) is 17.6 Å². The molecule has 88 valence electrons. The normalized spacial score (nSPS) is 29.5. The van der Waals surface area contributed by atoms with E-state index in [4.69, 9.17) is 14.0 Å². The molecule has 0 spiro atoms. The van der Waals surface area contributed by atoms with Gasteiger partial charge in [-0.05, 0) is 5.56 Å². The van der Waals surface area contributed by atoms with Crippen LogP contribution in [0.5, 0.6) is 0 Å². The number of hydrogen-bond acceptors (Lipinski definition) is 4. The van der Waals surface area contributed by atoms with Gasteiger partial charge in [-0.3, -0.25) is 0 Å². The van der Waals surface area contributed by atoms with Gasteiger partial charge < -0.3 is 14.0 Å². The number of halogens is 1. The van der Waals surface area contributed by atoms with Crippen molar-refractivity contribution >= 4 is 12.0 Å². The molecule has 1 saturated heterocycles. The van der Waals surface area contributed by atoms with Gasteiger partial charge in [0.2, 0.25) is 0 Å². The molecule has 0 bridgehead atoms. The van der Waals surface area contributed by atoms with Crippen molar-refractivity contribution in [2.45, 2.75) is 24.3 Å². The summed E-state index contributed by atoms with van der Waals surface area (Å²) >= 11 is 0.721. The Labute approximate surface area is 97.8 Å². The molecule has 3 atom stereocenters. The summed E-state index contributed by atoms with van der Waals surface area (Å²) in [4.78, 5) is 0. The molecule has 1 aromatic rings. The molecule has 0 aromatic heterocycles. The Bertz CT molecular complexity index is 322. The van der Waals surface area contributed by atoms with Crippen LogP contribution in [-0.4, -0.2) is 29.4 Å². The van der Waals surface area contributed by atoms with E-state index in [1.54, 1.807) is 0 Å². The molecule has 1 aromatic carbocycles. The molecule has 2 rings (SSSR count). The number of benzene rings is 1. The highest BCUT2D eigenvalue weighted by atomic mass is 32.2. The van der Waals surface area contributed by atoms with Crippen LogP contribution in [0.4, 0.5) is 4.39 Å². The van der Waals surface area contributed by atoms with Gasteiger partial charge in [-0.1, -0.05) is 30.3 Å². The highest BCUT2D eigenvalue weighted by Gasteiger charge is 2.39.